The van der Waals surface area contributed by atoms with Crippen LogP contribution < -0.4 is 4.72 Å². The summed E-state index contributed by atoms with van der Waals surface area (Å²) >= 11 is 4.44. The van der Waals surface area contributed by atoms with Gasteiger partial charge in [0.15, 0.2) is 0 Å². The van der Waals surface area contributed by atoms with Gasteiger partial charge in [0.05, 0.1) is 9.48 Å². The number of rotatable bonds is 4. The molecule has 6 nitrogen and oxygen atoms in total. The lowest BCUT2D eigenvalue weighted by molar-refractivity contribution is 0.379. The smallest absolute Gasteiger partial charge is 0.267 e. The number of nitrogens with one attached hydrogen (secondary N) is 1. The van der Waals surface area contributed by atoms with Gasteiger partial charge in [0, 0.05) is 31.9 Å². The van der Waals surface area contributed by atoms with Gasteiger partial charge in [-0.05, 0) is 35.2 Å². The molecule has 1 N–H and O–H groups in total. The van der Waals surface area contributed by atoms with Gasteiger partial charge in [-0.2, -0.15) is 0 Å². The molecule has 1 aliphatic rings. The number of halogens is 1. The van der Waals surface area contributed by atoms with Gasteiger partial charge in [0.2, 0.25) is 4.34 Å². The van der Waals surface area contributed by atoms with Gasteiger partial charge >= 0.3 is 0 Å². The Hall–Kier alpha value is -0.770. The SMILES string of the molecule is Cc1nc(S(=O)(=O)NC[C@H]2CCn3ccnc3C2)sc1Br. The molecule has 114 valence electrons. The molecule has 0 saturated carbocycles. The zero-order valence-corrected chi connectivity index (χ0v) is 14.6. The Morgan fingerprint density at radius 1 is 1.57 bits per heavy atom. The number of sulfonamides is 1. The highest BCUT2D eigenvalue weighted by Gasteiger charge is 2.24. The minimum atomic E-state index is -3.53. The van der Waals surface area contributed by atoms with Gasteiger partial charge in [-0.15, -0.1) is 0 Å². The number of nitrogens with zero attached hydrogens (tertiary/aromatic N) is 3. The van der Waals surface area contributed by atoms with Gasteiger partial charge in [0.1, 0.15) is 5.82 Å². The van der Waals surface area contributed by atoms with Crippen molar-refractivity contribution in [1.82, 2.24) is 19.3 Å². The van der Waals surface area contributed by atoms with Crippen molar-refractivity contribution in [3.05, 3.63) is 27.7 Å². The number of hydrogen-bond donors (Lipinski definition) is 1. The van der Waals surface area contributed by atoms with Crippen LogP contribution in [0.4, 0.5) is 0 Å². The van der Waals surface area contributed by atoms with Crippen molar-refractivity contribution in [2.45, 2.75) is 30.6 Å². The van der Waals surface area contributed by atoms with Crippen molar-refractivity contribution in [3.8, 4) is 0 Å². The quantitative estimate of drug-likeness (QED) is 0.865. The van der Waals surface area contributed by atoms with Gasteiger partial charge in [-0.3, -0.25) is 0 Å². The lowest BCUT2D eigenvalue weighted by Crippen LogP contribution is -2.33. The molecule has 2 aromatic rings. The minimum Gasteiger partial charge on any atom is -0.335 e. The van der Waals surface area contributed by atoms with Crippen LogP contribution in [0.2, 0.25) is 0 Å². The van der Waals surface area contributed by atoms with Crippen LogP contribution in [-0.4, -0.2) is 29.5 Å². The summed E-state index contributed by atoms with van der Waals surface area (Å²) in [6.07, 6.45) is 5.51. The summed E-state index contributed by atoms with van der Waals surface area (Å²) in [6.45, 7) is 3.09. The molecule has 0 saturated heterocycles. The molecule has 0 amide bonds. The van der Waals surface area contributed by atoms with E-state index >= 15 is 0 Å². The summed E-state index contributed by atoms with van der Waals surface area (Å²) in [5, 5.41) is 0. The molecule has 0 aromatic carbocycles. The van der Waals surface area contributed by atoms with Gasteiger partial charge in [-0.1, -0.05) is 11.3 Å². The highest BCUT2D eigenvalue weighted by atomic mass is 79.9. The maximum atomic E-state index is 12.2. The zero-order valence-electron chi connectivity index (χ0n) is 11.4. The van der Waals surface area contributed by atoms with Crippen LogP contribution in [0, 0.1) is 12.8 Å². The maximum absolute atomic E-state index is 12.2. The van der Waals surface area contributed by atoms with E-state index in [1.54, 1.807) is 13.1 Å². The molecule has 0 aliphatic carbocycles. The maximum Gasteiger partial charge on any atom is 0.267 e. The van der Waals surface area contributed by atoms with E-state index in [0.29, 0.717) is 12.2 Å². The third-order valence-corrected chi connectivity index (χ3v) is 7.37. The summed E-state index contributed by atoms with van der Waals surface area (Å²) in [4.78, 5) is 8.37. The highest BCUT2D eigenvalue weighted by Crippen LogP contribution is 2.27. The van der Waals surface area contributed by atoms with Crippen LogP contribution in [-0.2, 0) is 23.0 Å². The van der Waals surface area contributed by atoms with Crippen LogP contribution >= 0.6 is 27.3 Å². The van der Waals surface area contributed by atoms with E-state index in [1.807, 2.05) is 6.20 Å². The van der Waals surface area contributed by atoms with Crippen LogP contribution in [0.25, 0.3) is 0 Å². The molecule has 0 radical (unpaired) electrons. The summed E-state index contributed by atoms with van der Waals surface area (Å²) in [5.74, 6) is 1.30. The Morgan fingerprint density at radius 2 is 2.38 bits per heavy atom. The number of fused-ring (bicyclic) bond motifs is 1. The Balaban J connectivity index is 1.65. The van der Waals surface area contributed by atoms with Crippen molar-refractivity contribution in [2.75, 3.05) is 6.54 Å². The molecule has 0 unspecified atom stereocenters. The predicted octanol–water partition coefficient (Wildman–Crippen LogP) is 1.95. The first-order chi connectivity index (χ1) is 9.95. The second-order valence-corrected chi connectivity index (χ2v) is 9.34. The summed E-state index contributed by atoms with van der Waals surface area (Å²) in [6, 6.07) is 0. The average Bonchev–Trinajstić information content (AvgIpc) is 3.04. The largest absolute Gasteiger partial charge is 0.335 e. The molecule has 0 spiro atoms. The number of imidazole rings is 1. The topological polar surface area (TPSA) is 76.9 Å². The minimum absolute atomic E-state index is 0.115. The molecule has 0 bridgehead atoms. The van der Waals surface area contributed by atoms with Crippen LogP contribution in [0.5, 0.6) is 0 Å². The molecule has 1 atom stereocenters. The first-order valence-corrected chi connectivity index (χ1v) is 9.67. The first-order valence-electron chi connectivity index (χ1n) is 6.58. The molecular weight excluding hydrogens is 376 g/mol. The van der Waals surface area contributed by atoms with Crippen molar-refractivity contribution < 1.29 is 8.42 Å². The highest BCUT2D eigenvalue weighted by molar-refractivity contribution is 9.11. The van der Waals surface area contributed by atoms with Gasteiger partial charge in [0.25, 0.3) is 10.0 Å². The third-order valence-electron chi connectivity index (χ3n) is 3.56. The van der Waals surface area contributed by atoms with Crippen LogP contribution in [0.3, 0.4) is 0 Å². The standard InChI is InChI=1S/C12H15BrN4O2S2/c1-8-11(13)20-12(16-8)21(18,19)15-7-9-2-4-17-5-3-14-10(17)6-9/h3,5,9,15H,2,4,6-7H2,1H3/t9-/m0/s1. The fourth-order valence-corrected chi connectivity index (χ4v) is 5.45. The third kappa shape index (κ3) is 3.20. The monoisotopic (exact) mass is 390 g/mol. The van der Waals surface area contributed by atoms with E-state index in [4.69, 9.17) is 0 Å². The number of aryl methyl sites for hydroxylation is 2. The molecule has 21 heavy (non-hydrogen) atoms. The number of aromatic nitrogens is 3. The molecule has 0 fully saturated rings. The second kappa shape index (κ2) is 5.79. The predicted molar refractivity (Wildman–Crippen MR) is 83.8 cm³/mol. The van der Waals surface area contributed by atoms with Crippen molar-refractivity contribution >= 4 is 37.3 Å². The Labute approximate surface area is 135 Å². The fraction of sp³-hybridized carbons (Fsp3) is 0.500. The van der Waals surface area contributed by atoms with Crippen LogP contribution in [0.1, 0.15) is 17.9 Å². The Kier molecular flexibility index (Phi) is 4.17. The lowest BCUT2D eigenvalue weighted by Gasteiger charge is -2.23. The fourth-order valence-electron chi connectivity index (χ4n) is 2.35. The lowest BCUT2D eigenvalue weighted by atomic mass is 9.98. The molecular formula is C12H15BrN4O2S2. The van der Waals surface area contributed by atoms with E-state index < -0.39 is 10.0 Å². The van der Waals surface area contributed by atoms with E-state index in [9.17, 15) is 8.42 Å². The molecule has 9 heteroatoms. The van der Waals surface area contributed by atoms with E-state index in [-0.39, 0.29) is 10.3 Å². The van der Waals surface area contributed by atoms with Crippen molar-refractivity contribution in [2.24, 2.45) is 5.92 Å². The van der Waals surface area contributed by atoms with Crippen LogP contribution in [0.15, 0.2) is 20.5 Å². The Bertz CT molecular complexity index is 734. The van der Waals surface area contributed by atoms with Gasteiger partial charge < -0.3 is 4.57 Å². The summed E-state index contributed by atoms with van der Waals surface area (Å²) in [5.41, 5.74) is 0.695. The number of thiazole rings is 1. The summed E-state index contributed by atoms with van der Waals surface area (Å²) in [7, 11) is -3.53. The van der Waals surface area contributed by atoms with Gasteiger partial charge in [-0.25, -0.2) is 23.1 Å². The Morgan fingerprint density at radius 3 is 3.10 bits per heavy atom. The van der Waals surface area contributed by atoms with E-state index in [1.165, 1.54) is 0 Å². The summed E-state index contributed by atoms with van der Waals surface area (Å²) < 4.78 is 30.1. The molecule has 1 aliphatic heterocycles. The van der Waals surface area contributed by atoms with Crippen molar-refractivity contribution in [3.63, 3.8) is 0 Å². The normalized spacial score (nSPS) is 18.7. The molecule has 2 aromatic heterocycles. The molecule has 3 heterocycles. The zero-order chi connectivity index (χ0) is 15.0. The first kappa shape index (κ1) is 15.1. The van der Waals surface area contributed by atoms with Crippen molar-refractivity contribution in [1.29, 1.82) is 0 Å². The average molecular weight is 391 g/mol. The second-order valence-electron chi connectivity index (χ2n) is 5.09. The molecule has 3 rings (SSSR count). The number of hydrogen-bond acceptors (Lipinski definition) is 5. The van der Waals surface area contributed by atoms with E-state index in [0.717, 1.165) is 40.3 Å². The van der Waals surface area contributed by atoms with E-state index in [2.05, 4.69) is 35.2 Å².